The number of nitrogens with one attached hydrogen (secondary N) is 1. The summed E-state index contributed by atoms with van der Waals surface area (Å²) in [7, 11) is 1.65. The number of anilines is 1. The van der Waals surface area contributed by atoms with E-state index in [1.54, 1.807) is 14.0 Å². The molecule has 0 aliphatic heterocycles. The van der Waals surface area contributed by atoms with Gasteiger partial charge in [0.25, 0.3) is 11.5 Å². The van der Waals surface area contributed by atoms with E-state index >= 15 is 0 Å². The Morgan fingerprint density at radius 2 is 2.04 bits per heavy atom. The molecule has 0 saturated heterocycles. The summed E-state index contributed by atoms with van der Waals surface area (Å²) in [6, 6.07) is 7.70. The SMILES string of the molecule is Cc1c(C(=O)Nc2nc3ccccc3s2)sc2ncn(C)c(=O)c12. The minimum Gasteiger partial charge on any atom is -0.302 e. The van der Waals surface area contributed by atoms with E-state index in [1.165, 1.54) is 33.6 Å². The van der Waals surface area contributed by atoms with Gasteiger partial charge >= 0.3 is 0 Å². The number of benzene rings is 1. The average molecular weight is 356 g/mol. The second-order valence-corrected chi connectivity index (χ2v) is 7.37. The molecule has 0 aliphatic rings. The molecule has 0 atom stereocenters. The van der Waals surface area contributed by atoms with Crippen LogP contribution >= 0.6 is 22.7 Å². The van der Waals surface area contributed by atoms with Crippen molar-refractivity contribution in [2.45, 2.75) is 6.92 Å². The maximum absolute atomic E-state index is 12.6. The number of nitrogens with zero attached hydrogens (tertiary/aromatic N) is 3. The van der Waals surface area contributed by atoms with Gasteiger partial charge in [-0.25, -0.2) is 9.97 Å². The zero-order valence-corrected chi connectivity index (χ0v) is 14.5. The molecule has 0 spiro atoms. The summed E-state index contributed by atoms with van der Waals surface area (Å²) in [4.78, 5) is 34.6. The summed E-state index contributed by atoms with van der Waals surface area (Å²) >= 11 is 2.64. The molecule has 6 nitrogen and oxygen atoms in total. The smallest absolute Gasteiger partial charge is 0.267 e. The third-order valence-electron chi connectivity index (χ3n) is 3.73. The molecule has 24 heavy (non-hydrogen) atoms. The highest BCUT2D eigenvalue weighted by Crippen LogP contribution is 2.29. The Kier molecular flexibility index (Phi) is 3.43. The van der Waals surface area contributed by atoms with Gasteiger partial charge in [0.15, 0.2) is 5.13 Å². The Bertz CT molecular complexity index is 1120. The van der Waals surface area contributed by atoms with Gasteiger partial charge in [0, 0.05) is 7.05 Å². The molecule has 0 unspecified atom stereocenters. The first kappa shape index (κ1) is 15.0. The van der Waals surface area contributed by atoms with Gasteiger partial charge in [0.1, 0.15) is 4.83 Å². The fraction of sp³-hybridized carbons (Fsp3) is 0.125. The number of hydrogen-bond acceptors (Lipinski definition) is 6. The first-order valence-electron chi connectivity index (χ1n) is 7.16. The molecule has 1 aromatic carbocycles. The number of carbonyl (C=O) groups excluding carboxylic acids is 1. The third kappa shape index (κ3) is 2.31. The van der Waals surface area contributed by atoms with E-state index in [2.05, 4.69) is 15.3 Å². The molecule has 0 radical (unpaired) electrons. The van der Waals surface area contributed by atoms with Crippen LogP contribution in [0.3, 0.4) is 0 Å². The summed E-state index contributed by atoms with van der Waals surface area (Å²) in [5, 5.41) is 3.87. The lowest BCUT2D eigenvalue weighted by atomic mass is 10.2. The van der Waals surface area contributed by atoms with E-state index < -0.39 is 0 Å². The summed E-state index contributed by atoms with van der Waals surface area (Å²) < 4.78 is 2.42. The lowest BCUT2D eigenvalue weighted by Gasteiger charge is -1.99. The first-order chi connectivity index (χ1) is 11.5. The van der Waals surface area contributed by atoms with Crippen molar-refractivity contribution in [1.82, 2.24) is 14.5 Å². The minimum atomic E-state index is -0.267. The van der Waals surface area contributed by atoms with Crippen LogP contribution in [0.5, 0.6) is 0 Å². The number of thiophene rings is 1. The lowest BCUT2D eigenvalue weighted by Crippen LogP contribution is -2.17. The molecule has 4 aromatic rings. The molecule has 0 fully saturated rings. The number of thiazole rings is 1. The minimum absolute atomic E-state index is 0.146. The summed E-state index contributed by atoms with van der Waals surface area (Å²) in [5.41, 5.74) is 1.36. The highest BCUT2D eigenvalue weighted by molar-refractivity contribution is 7.23. The number of aryl methyl sites for hydroxylation is 2. The van der Waals surface area contributed by atoms with E-state index in [-0.39, 0.29) is 11.5 Å². The van der Waals surface area contributed by atoms with Crippen LogP contribution < -0.4 is 10.9 Å². The van der Waals surface area contributed by atoms with Crippen molar-refractivity contribution in [3.05, 3.63) is 51.4 Å². The standard InChI is InChI=1S/C16H12N4O2S2/c1-8-11-14(17-7-20(2)15(11)22)24-12(8)13(21)19-16-18-9-5-3-4-6-10(9)23-16/h3-7H,1-2H3,(H,18,19,21). The molecule has 0 aliphatic carbocycles. The van der Waals surface area contributed by atoms with Gasteiger partial charge in [0.05, 0.1) is 26.8 Å². The lowest BCUT2D eigenvalue weighted by molar-refractivity contribution is 0.103. The van der Waals surface area contributed by atoms with Crippen molar-refractivity contribution in [3.8, 4) is 0 Å². The molecule has 0 bridgehead atoms. The molecule has 120 valence electrons. The predicted molar refractivity (Wildman–Crippen MR) is 97.2 cm³/mol. The third-order valence-corrected chi connectivity index (χ3v) is 5.88. The van der Waals surface area contributed by atoms with Crippen LogP contribution in [0.25, 0.3) is 20.4 Å². The van der Waals surface area contributed by atoms with Crippen molar-refractivity contribution >= 4 is 54.1 Å². The molecular weight excluding hydrogens is 344 g/mol. The largest absolute Gasteiger partial charge is 0.302 e. The van der Waals surface area contributed by atoms with Gasteiger partial charge in [-0.1, -0.05) is 23.5 Å². The van der Waals surface area contributed by atoms with Crippen LogP contribution in [-0.2, 0) is 7.05 Å². The molecule has 4 rings (SSSR count). The van der Waals surface area contributed by atoms with Crippen molar-refractivity contribution in [2.24, 2.45) is 7.05 Å². The van der Waals surface area contributed by atoms with Gasteiger partial charge in [-0.05, 0) is 24.6 Å². The van der Waals surface area contributed by atoms with Gasteiger partial charge in [-0.3, -0.25) is 14.9 Å². The fourth-order valence-corrected chi connectivity index (χ4v) is 4.40. The van der Waals surface area contributed by atoms with Crippen LogP contribution in [0.15, 0.2) is 35.4 Å². The van der Waals surface area contributed by atoms with Gasteiger partial charge in [-0.15, -0.1) is 11.3 Å². The van der Waals surface area contributed by atoms with E-state index in [9.17, 15) is 9.59 Å². The van der Waals surface area contributed by atoms with Crippen LogP contribution in [0.2, 0.25) is 0 Å². The highest BCUT2D eigenvalue weighted by Gasteiger charge is 2.20. The fourth-order valence-electron chi connectivity index (χ4n) is 2.51. The monoisotopic (exact) mass is 356 g/mol. The van der Waals surface area contributed by atoms with Crippen molar-refractivity contribution in [2.75, 3.05) is 5.32 Å². The number of amides is 1. The maximum Gasteiger partial charge on any atom is 0.267 e. The number of para-hydroxylation sites is 1. The quantitative estimate of drug-likeness (QED) is 0.598. The summed E-state index contributed by atoms with van der Waals surface area (Å²) in [6.45, 7) is 1.77. The molecule has 0 saturated carbocycles. The Morgan fingerprint density at radius 1 is 1.25 bits per heavy atom. The molecule has 3 aromatic heterocycles. The Balaban J connectivity index is 1.74. The van der Waals surface area contributed by atoms with Crippen molar-refractivity contribution in [1.29, 1.82) is 0 Å². The molecule has 8 heteroatoms. The summed E-state index contributed by atoms with van der Waals surface area (Å²) in [6.07, 6.45) is 1.47. The molecule has 3 heterocycles. The summed E-state index contributed by atoms with van der Waals surface area (Å²) in [5.74, 6) is -0.267. The van der Waals surface area contributed by atoms with Gasteiger partial charge < -0.3 is 4.57 Å². The number of hydrogen-bond donors (Lipinski definition) is 1. The normalized spacial score (nSPS) is 11.2. The van der Waals surface area contributed by atoms with E-state index in [4.69, 9.17) is 0 Å². The van der Waals surface area contributed by atoms with Crippen LogP contribution in [0.1, 0.15) is 15.2 Å². The second-order valence-electron chi connectivity index (χ2n) is 5.34. The van der Waals surface area contributed by atoms with Gasteiger partial charge in [0.2, 0.25) is 0 Å². The Labute approximate surface area is 144 Å². The topological polar surface area (TPSA) is 76.9 Å². The molecule has 1 N–H and O–H groups in total. The van der Waals surface area contributed by atoms with Crippen molar-refractivity contribution in [3.63, 3.8) is 0 Å². The number of aromatic nitrogens is 3. The Hall–Kier alpha value is -2.58. The van der Waals surface area contributed by atoms with Crippen LogP contribution in [0, 0.1) is 6.92 Å². The molecule has 1 amide bonds. The van der Waals surface area contributed by atoms with Gasteiger partial charge in [-0.2, -0.15) is 0 Å². The van der Waals surface area contributed by atoms with Crippen molar-refractivity contribution < 1.29 is 4.79 Å². The first-order valence-corrected chi connectivity index (χ1v) is 8.79. The second kappa shape index (κ2) is 5.50. The molecular formula is C16H12N4O2S2. The number of carbonyl (C=O) groups is 1. The Morgan fingerprint density at radius 3 is 2.83 bits per heavy atom. The van der Waals surface area contributed by atoms with Crippen LogP contribution in [0.4, 0.5) is 5.13 Å². The van der Waals surface area contributed by atoms with E-state index in [0.717, 1.165) is 10.2 Å². The average Bonchev–Trinajstić information content (AvgIpc) is 3.11. The predicted octanol–water partition coefficient (Wildman–Crippen LogP) is 3.17. The number of rotatable bonds is 2. The highest BCUT2D eigenvalue weighted by atomic mass is 32.1. The number of fused-ring (bicyclic) bond motifs is 2. The zero-order valence-electron chi connectivity index (χ0n) is 12.9. The zero-order chi connectivity index (χ0) is 16.8. The van der Waals surface area contributed by atoms with E-state index in [1.807, 2.05) is 24.3 Å². The maximum atomic E-state index is 12.6. The van der Waals surface area contributed by atoms with Crippen LogP contribution in [-0.4, -0.2) is 20.4 Å². The van der Waals surface area contributed by atoms with E-state index in [0.29, 0.717) is 25.8 Å².